The molecule has 0 saturated heterocycles. The van der Waals surface area contributed by atoms with Crippen molar-refractivity contribution in [2.75, 3.05) is 39.7 Å². The lowest BCUT2D eigenvalue weighted by Gasteiger charge is -2.27. The zero-order chi connectivity index (χ0) is 20.3. The maximum Gasteiger partial charge on any atom is 0.229 e. The van der Waals surface area contributed by atoms with E-state index in [1.807, 2.05) is 45.4 Å². The minimum Gasteiger partial charge on any atom is -0.493 e. The molecule has 28 heavy (non-hydrogen) atoms. The lowest BCUT2D eigenvalue weighted by molar-refractivity contribution is -0.121. The summed E-state index contributed by atoms with van der Waals surface area (Å²) < 4.78 is 13.3. The summed E-state index contributed by atoms with van der Waals surface area (Å²) in [5.41, 5.74) is 1.71. The van der Waals surface area contributed by atoms with Crippen molar-refractivity contribution < 1.29 is 14.3 Å². The second-order valence-corrected chi connectivity index (χ2v) is 7.73. The number of anilines is 1. The molecule has 0 saturated carbocycles. The van der Waals surface area contributed by atoms with Crippen LogP contribution in [0.25, 0.3) is 0 Å². The van der Waals surface area contributed by atoms with Crippen molar-refractivity contribution in [3.63, 3.8) is 0 Å². The van der Waals surface area contributed by atoms with E-state index in [-0.39, 0.29) is 17.7 Å². The minimum absolute atomic E-state index is 0.0215. The third kappa shape index (κ3) is 4.65. The Balaban J connectivity index is 1.68. The zero-order valence-electron chi connectivity index (χ0n) is 17.4. The van der Waals surface area contributed by atoms with Crippen molar-refractivity contribution in [2.45, 2.75) is 32.7 Å². The number of benzene rings is 1. The van der Waals surface area contributed by atoms with Crippen LogP contribution in [0.4, 0.5) is 5.69 Å². The Labute approximate surface area is 166 Å². The van der Waals surface area contributed by atoms with Gasteiger partial charge in [0.1, 0.15) is 12.4 Å². The highest BCUT2D eigenvalue weighted by Gasteiger charge is 2.30. The summed E-state index contributed by atoms with van der Waals surface area (Å²) >= 11 is 0. The van der Waals surface area contributed by atoms with Crippen molar-refractivity contribution in [1.29, 1.82) is 0 Å². The summed E-state index contributed by atoms with van der Waals surface area (Å²) in [5, 5.41) is 3.04. The number of likely N-dealkylation sites (N-methyl/N-ethyl adjacent to an activating group) is 1. The van der Waals surface area contributed by atoms with Gasteiger partial charge in [-0.25, -0.2) is 4.98 Å². The summed E-state index contributed by atoms with van der Waals surface area (Å²) in [6.07, 6.45) is 2.82. The number of amides is 1. The first kappa shape index (κ1) is 20.2. The van der Waals surface area contributed by atoms with E-state index in [9.17, 15) is 4.79 Å². The molecule has 1 aliphatic heterocycles. The number of hydrogen-bond donors (Lipinski definition) is 1. The second-order valence-electron chi connectivity index (χ2n) is 7.73. The molecule has 2 aromatic rings. The highest BCUT2D eigenvalue weighted by atomic mass is 16.5. The topological polar surface area (TPSA) is 68.6 Å². The quantitative estimate of drug-likeness (QED) is 0.792. The van der Waals surface area contributed by atoms with E-state index in [4.69, 9.17) is 9.47 Å². The molecule has 0 spiro atoms. The van der Waals surface area contributed by atoms with Gasteiger partial charge in [-0.3, -0.25) is 4.79 Å². The van der Waals surface area contributed by atoms with Gasteiger partial charge in [0.2, 0.25) is 5.91 Å². The van der Waals surface area contributed by atoms with Crippen LogP contribution in [0, 0.1) is 12.8 Å². The maximum atomic E-state index is 12.9. The molecule has 0 aliphatic carbocycles. The van der Waals surface area contributed by atoms with E-state index in [0.717, 1.165) is 24.5 Å². The number of carbonyl (C=O) groups is 1. The summed E-state index contributed by atoms with van der Waals surface area (Å²) in [6, 6.07) is 5.49. The number of aromatic nitrogens is 2. The first-order chi connectivity index (χ1) is 13.4. The summed E-state index contributed by atoms with van der Waals surface area (Å²) in [6.45, 7) is 6.12. The smallest absolute Gasteiger partial charge is 0.229 e. The van der Waals surface area contributed by atoms with Gasteiger partial charge in [0.05, 0.1) is 18.7 Å². The molecule has 2 atom stereocenters. The van der Waals surface area contributed by atoms with Crippen LogP contribution in [0.3, 0.4) is 0 Å². The van der Waals surface area contributed by atoms with E-state index in [1.54, 1.807) is 7.11 Å². The molecule has 7 heteroatoms. The molecular weight excluding hydrogens is 356 g/mol. The summed E-state index contributed by atoms with van der Waals surface area (Å²) in [5.74, 6) is 2.56. The van der Waals surface area contributed by atoms with Crippen molar-refractivity contribution in [1.82, 2.24) is 14.5 Å². The minimum atomic E-state index is -0.0867. The maximum absolute atomic E-state index is 12.9. The fraction of sp³-hybridized carbons (Fsp3) is 0.524. The molecule has 0 unspecified atom stereocenters. The predicted octanol–water partition coefficient (Wildman–Crippen LogP) is 2.90. The van der Waals surface area contributed by atoms with Crippen LogP contribution in [-0.4, -0.2) is 54.7 Å². The number of methoxy groups -OCH3 is 1. The number of aryl methyl sites for hydroxylation is 1. The molecule has 7 nitrogen and oxygen atoms in total. The number of carbonyl (C=O) groups excluding carboxylic acids is 1. The molecule has 0 fully saturated rings. The van der Waals surface area contributed by atoms with Gasteiger partial charge in [0, 0.05) is 37.0 Å². The SMILES string of the molecule is COc1ccc(NC(=O)[C@@H]2C[C@H](C)c3nc(C)cn3C2)cc1OCCN(C)C. The van der Waals surface area contributed by atoms with Crippen molar-refractivity contribution >= 4 is 11.6 Å². The third-order valence-corrected chi connectivity index (χ3v) is 5.02. The molecule has 0 radical (unpaired) electrons. The van der Waals surface area contributed by atoms with Gasteiger partial charge in [-0.05, 0) is 39.6 Å². The van der Waals surface area contributed by atoms with Crippen LogP contribution in [-0.2, 0) is 11.3 Å². The van der Waals surface area contributed by atoms with Gasteiger partial charge in [-0.1, -0.05) is 6.92 Å². The number of nitrogens with zero attached hydrogens (tertiary/aromatic N) is 3. The Bertz CT molecular complexity index is 831. The van der Waals surface area contributed by atoms with E-state index in [0.29, 0.717) is 30.3 Å². The lowest BCUT2D eigenvalue weighted by Crippen LogP contribution is -2.32. The average Bonchev–Trinajstić information content (AvgIpc) is 3.02. The first-order valence-corrected chi connectivity index (χ1v) is 9.67. The molecular formula is C21H30N4O3. The van der Waals surface area contributed by atoms with Gasteiger partial charge < -0.3 is 24.3 Å². The summed E-state index contributed by atoms with van der Waals surface area (Å²) in [7, 11) is 5.60. The number of ether oxygens (including phenoxy) is 2. The fourth-order valence-corrected chi connectivity index (χ4v) is 3.59. The molecule has 1 aromatic heterocycles. The van der Waals surface area contributed by atoms with Crippen molar-refractivity contribution in [3.8, 4) is 11.5 Å². The molecule has 2 heterocycles. The molecule has 152 valence electrons. The standard InChI is InChI=1S/C21H30N4O3/c1-14-10-16(13-25-12-15(2)22-20(14)25)21(26)23-17-6-7-18(27-5)19(11-17)28-9-8-24(3)4/h6-7,11-12,14,16H,8-10,13H2,1-5H3,(H,23,26)/t14-,16+/m0/s1. The van der Waals surface area contributed by atoms with Gasteiger partial charge in [0.25, 0.3) is 0 Å². The first-order valence-electron chi connectivity index (χ1n) is 9.67. The van der Waals surface area contributed by atoms with Crippen molar-refractivity contribution in [2.24, 2.45) is 5.92 Å². The molecule has 1 N–H and O–H groups in total. The van der Waals surface area contributed by atoms with Gasteiger partial charge in [0.15, 0.2) is 11.5 Å². The fourth-order valence-electron chi connectivity index (χ4n) is 3.59. The number of hydrogen-bond acceptors (Lipinski definition) is 5. The lowest BCUT2D eigenvalue weighted by atomic mass is 9.91. The molecule has 1 aromatic carbocycles. The predicted molar refractivity (Wildman–Crippen MR) is 109 cm³/mol. The largest absolute Gasteiger partial charge is 0.493 e. The highest BCUT2D eigenvalue weighted by molar-refractivity contribution is 5.93. The van der Waals surface area contributed by atoms with E-state index >= 15 is 0 Å². The second kappa shape index (κ2) is 8.65. The molecule has 1 amide bonds. The van der Waals surface area contributed by atoms with E-state index < -0.39 is 0 Å². The molecule has 3 rings (SSSR count). The van der Waals surface area contributed by atoms with Gasteiger partial charge in [-0.2, -0.15) is 0 Å². The third-order valence-electron chi connectivity index (χ3n) is 5.02. The average molecular weight is 386 g/mol. The Hall–Kier alpha value is -2.54. The summed E-state index contributed by atoms with van der Waals surface area (Å²) in [4.78, 5) is 19.5. The molecule has 1 aliphatic rings. The van der Waals surface area contributed by atoms with Crippen molar-refractivity contribution in [3.05, 3.63) is 35.9 Å². The number of nitrogens with one attached hydrogen (secondary N) is 1. The van der Waals surface area contributed by atoms with Crippen LogP contribution in [0.15, 0.2) is 24.4 Å². The monoisotopic (exact) mass is 386 g/mol. The van der Waals surface area contributed by atoms with Crippen LogP contribution in [0.2, 0.25) is 0 Å². The Morgan fingerprint density at radius 1 is 1.36 bits per heavy atom. The number of fused-ring (bicyclic) bond motifs is 1. The Morgan fingerprint density at radius 2 is 2.14 bits per heavy atom. The Kier molecular flexibility index (Phi) is 6.24. The van der Waals surface area contributed by atoms with Gasteiger partial charge in [-0.15, -0.1) is 0 Å². The molecule has 0 bridgehead atoms. The number of imidazole rings is 1. The van der Waals surface area contributed by atoms with E-state index in [2.05, 4.69) is 26.7 Å². The Morgan fingerprint density at radius 3 is 2.86 bits per heavy atom. The van der Waals surface area contributed by atoms with Gasteiger partial charge >= 0.3 is 0 Å². The van der Waals surface area contributed by atoms with Crippen LogP contribution >= 0.6 is 0 Å². The zero-order valence-corrected chi connectivity index (χ0v) is 17.4. The normalized spacial score (nSPS) is 18.6. The van der Waals surface area contributed by atoms with Crippen LogP contribution in [0.1, 0.15) is 30.8 Å². The van der Waals surface area contributed by atoms with Crippen LogP contribution < -0.4 is 14.8 Å². The van der Waals surface area contributed by atoms with Crippen LogP contribution in [0.5, 0.6) is 11.5 Å². The van der Waals surface area contributed by atoms with E-state index in [1.165, 1.54) is 0 Å². The number of rotatable bonds is 7. The highest BCUT2D eigenvalue weighted by Crippen LogP contribution is 2.33.